The Morgan fingerprint density at radius 1 is 1.32 bits per heavy atom. The van der Waals surface area contributed by atoms with E-state index in [9.17, 15) is 4.79 Å². The molecule has 1 aliphatic rings. The molecule has 1 fully saturated rings. The molecule has 2 aromatic rings. The molecule has 2 atom stereocenters. The zero-order valence-electron chi connectivity index (χ0n) is 12.5. The van der Waals surface area contributed by atoms with Crippen LogP contribution in [-0.2, 0) is 13.0 Å². The number of nitrogens with one attached hydrogen (secondary N) is 1. The van der Waals surface area contributed by atoms with E-state index in [2.05, 4.69) is 34.6 Å². The van der Waals surface area contributed by atoms with E-state index in [4.69, 9.17) is 5.73 Å². The third-order valence-corrected chi connectivity index (χ3v) is 5.15. The van der Waals surface area contributed by atoms with Crippen molar-refractivity contribution < 1.29 is 4.79 Å². The number of hydrogen-bond acceptors (Lipinski definition) is 4. The third kappa shape index (κ3) is 3.54. The van der Waals surface area contributed by atoms with Crippen molar-refractivity contribution in [2.45, 2.75) is 38.3 Å². The summed E-state index contributed by atoms with van der Waals surface area (Å²) in [5.41, 5.74) is 7.39. The lowest BCUT2D eigenvalue weighted by molar-refractivity contribution is 0.0923. The Labute approximate surface area is 134 Å². The molecule has 1 amide bonds. The molecular formula is C17H21N3OS. The molecule has 1 aromatic heterocycles. The fraction of sp³-hybridized carbons (Fsp3) is 0.412. The molecule has 1 saturated carbocycles. The lowest BCUT2D eigenvalue weighted by Crippen LogP contribution is -2.38. The molecule has 22 heavy (non-hydrogen) atoms. The number of thiazole rings is 1. The molecule has 5 heteroatoms. The predicted octanol–water partition coefficient (Wildman–Crippen LogP) is 2.74. The number of aromatic nitrogens is 1. The average Bonchev–Trinajstić information content (AvgIpc) is 3.18. The minimum absolute atomic E-state index is 0.0686. The highest BCUT2D eigenvalue weighted by molar-refractivity contribution is 7.09. The molecule has 3 rings (SSSR count). The van der Waals surface area contributed by atoms with Crippen molar-refractivity contribution in [3.8, 4) is 0 Å². The van der Waals surface area contributed by atoms with Gasteiger partial charge < -0.3 is 11.1 Å². The standard InChI is InChI=1S/C17H21N3OS/c18-10-16-19-15(11-22-16)17(21)20-14-8-4-7-13(14)9-12-5-2-1-3-6-12/h1-3,5-6,11,13-14H,4,7-10,18H2,(H,20,21). The predicted molar refractivity (Wildman–Crippen MR) is 88.7 cm³/mol. The van der Waals surface area contributed by atoms with Gasteiger partial charge in [-0.1, -0.05) is 36.8 Å². The molecule has 1 aliphatic carbocycles. The van der Waals surface area contributed by atoms with Crippen LogP contribution in [0.2, 0.25) is 0 Å². The number of rotatable bonds is 5. The first-order valence-corrected chi connectivity index (χ1v) is 8.63. The van der Waals surface area contributed by atoms with Crippen LogP contribution in [-0.4, -0.2) is 16.9 Å². The van der Waals surface area contributed by atoms with Gasteiger partial charge >= 0.3 is 0 Å². The number of benzene rings is 1. The summed E-state index contributed by atoms with van der Waals surface area (Å²) in [5, 5.41) is 5.76. The maximum atomic E-state index is 12.3. The lowest BCUT2D eigenvalue weighted by Gasteiger charge is -2.20. The zero-order valence-corrected chi connectivity index (χ0v) is 13.3. The summed E-state index contributed by atoms with van der Waals surface area (Å²) in [5.74, 6) is 0.444. The van der Waals surface area contributed by atoms with E-state index in [1.807, 2.05) is 6.07 Å². The van der Waals surface area contributed by atoms with Crippen molar-refractivity contribution in [1.82, 2.24) is 10.3 Å². The Hall–Kier alpha value is -1.72. The number of nitrogens with zero attached hydrogens (tertiary/aromatic N) is 1. The van der Waals surface area contributed by atoms with Gasteiger partial charge in [0.2, 0.25) is 0 Å². The number of carbonyl (C=O) groups is 1. The second kappa shape index (κ2) is 7.03. The number of amides is 1. The fourth-order valence-electron chi connectivity index (χ4n) is 3.14. The summed E-state index contributed by atoms with van der Waals surface area (Å²) in [7, 11) is 0. The summed E-state index contributed by atoms with van der Waals surface area (Å²) in [4.78, 5) is 16.6. The first-order chi connectivity index (χ1) is 10.8. The minimum atomic E-state index is -0.0686. The smallest absolute Gasteiger partial charge is 0.270 e. The molecule has 1 heterocycles. The van der Waals surface area contributed by atoms with E-state index >= 15 is 0 Å². The highest BCUT2D eigenvalue weighted by Crippen LogP contribution is 2.29. The van der Waals surface area contributed by atoms with Gasteiger partial charge in [0.1, 0.15) is 10.7 Å². The van der Waals surface area contributed by atoms with Crippen LogP contribution in [0.25, 0.3) is 0 Å². The van der Waals surface area contributed by atoms with Crippen LogP contribution in [0.1, 0.15) is 40.3 Å². The van der Waals surface area contributed by atoms with E-state index in [0.717, 1.165) is 17.8 Å². The van der Waals surface area contributed by atoms with Crippen LogP contribution in [0.3, 0.4) is 0 Å². The van der Waals surface area contributed by atoms with Crippen molar-refractivity contribution in [3.05, 3.63) is 52.0 Å². The van der Waals surface area contributed by atoms with Crippen molar-refractivity contribution >= 4 is 17.2 Å². The van der Waals surface area contributed by atoms with E-state index in [1.165, 1.54) is 29.7 Å². The van der Waals surface area contributed by atoms with Crippen LogP contribution in [0.5, 0.6) is 0 Å². The summed E-state index contributed by atoms with van der Waals surface area (Å²) in [6.45, 7) is 0.387. The van der Waals surface area contributed by atoms with Crippen LogP contribution in [0, 0.1) is 5.92 Å². The maximum absolute atomic E-state index is 12.3. The fourth-order valence-corrected chi connectivity index (χ4v) is 3.79. The Morgan fingerprint density at radius 3 is 2.86 bits per heavy atom. The maximum Gasteiger partial charge on any atom is 0.270 e. The number of carbonyl (C=O) groups excluding carboxylic acids is 1. The Balaban J connectivity index is 1.62. The van der Waals surface area contributed by atoms with Gasteiger partial charge in [-0.2, -0.15) is 0 Å². The quantitative estimate of drug-likeness (QED) is 0.891. The first kappa shape index (κ1) is 15.2. The molecule has 0 radical (unpaired) electrons. The SMILES string of the molecule is NCc1nc(C(=O)NC2CCCC2Cc2ccccc2)cs1. The normalized spacial score (nSPS) is 21.0. The number of hydrogen-bond donors (Lipinski definition) is 2. The molecule has 116 valence electrons. The summed E-state index contributed by atoms with van der Waals surface area (Å²) < 4.78 is 0. The van der Waals surface area contributed by atoms with Gasteiger partial charge in [-0.3, -0.25) is 4.79 Å². The molecule has 1 aromatic carbocycles. The van der Waals surface area contributed by atoms with Crippen LogP contribution in [0.4, 0.5) is 0 Å². The minimum Gasteiger partial charge on any atom is -0.348 e. The molecule has 3 N–H and O–H groups in total. The topological polar surface area (TPSA) is 68.0 Å². The van der Waals surface area contributed by atoms with E-state index in [-0.39, 0.29) is 11.9 Å². The van der Waals surface area contributed by atoms with Gasteiger partial charge in [0, 0.05) is 18.0 Å². The van der Waals surface area contributed by atoms with Crippen LogP contribution in [0.15, 0.2) is 35.7 Å². The van der Waals surface area contributed by atoms with Gasteiger partial charge in [-0.25, -0.2) is 4.98 Å². The summed E-state index contributed by atoms with van der Waals surface area (Å²) >= 11 is 1.44. The Morgan fingerprint density at radius 2 is 2.14 bits per heavy atom. The average molecular weight is 315 g/mol. The van der Waals surface area contributed by atoms with Crippen molar-refractivity contribution in [1.29, 1.82) is 0 Å². The van der Waals surface area contributed by atoms with E-state index < -0.39 is 0 Å². The van der Waals surface area contributed by atoms with E-state index in [0.29, 0.717) is 18.2 Å². The van der Waals surface area contributed by atoms with Gasteiger partial charge in [-0.15, -0.1) is 11.3 Å². The molecule has 0 spiro atoms. The summed E-state index contributed by atoms with van der Waals surface area (Å²) in [6.07, 6.45) is 4.42. The molecule has 0 aliphatic heterocycles. The molecule has 0 saturated heterocycles. The van der Waals surface area contributed by atoms with Gasteiger partial charge in [0.15, 0.2) is 0 Å². The van der Waals surface area contributed by atoms with Crippen LogP contribution < -0.4 is 11.1 Å². The molecular weight excluding hydrogens is 294 g/mol. The molecule has 4 nitrogen and oxygen atoms in total. The number of nitrogens with two attached hydrogens (primary N) is 1. The van der Waals surface area contributed by atoms with Gasteiger partial charge in [-0.05, 0) is 30.7 Å². The van der Waals surface area contributed by atoms with Gasteiger partial charge in [0.25, 0.3) is 5.91 Å². The van der Waals surface area contributed by atoms with Crippen LogP contribution >= 0.6 is 11.3 Å². The van der Waals surface area contributed by atoms with Gasteiger partial charge in [0.05, 0.1) is 0 Å². The zero-order chi connectivity index (χ0) is 15.4. The van der Waals surface area contributed by atoms with Crippen molar-refractivity contribution in [3.63, 3.8) is 0 Å². The molecule has 0 bridgehead atoms. The van der Waals surface area contributed by atoms with Crippen molar-refractivity contribution in [2.24, 2.45) is 11.7 Å². The first-order valence-electron chi connectivity index (χ1n) is 7.75. The summed E-state index contributed by atoms with van der Waals surface area (Å²) in [6, 6.07) is 10.7. The highest BCUT2D eigenvalue weighted by Gasteiger charge is 2.29. The second-order valence-electron chi connectivity index (χ2n) is 5.79. The monoisotopic (exact) mass is 315 g/mol. The Bertz CT molecular complexity index is 626. The largest absolute Gasteiger partial charge is 0.348 e. The van der Waals surface area contributed by atoms with Crippen molar-refractivity contribution in [2.75, 3.05) is 0 Å². The third-order valence-electron chi connectivity index (χ3n) is 4.28. The second-order valence-corrected chi connectivity index (χ2v) is 6.73. The van der Waals surface area contributed by atoms with E-state index in [1.54, 1.807) is 5.38 Å². The molecule has 2 unspecified atom stereocenters. The highest BCUT2D eigenvalue weighted by atomic mass is 32.1. The Kier molecular flexibility index (Phi) is 4.85. The lowest BCUT2D eigenvalue weighted by atomic mass is 9.94.